The fraction of sp³-hybridized carbons (Fsp3) is 0.111. The first-order valence-corrected chi connectivity index (χ1v) is 4.08. The van der Waals surface area contributed by atoms with Crippen molar-refractivity contribution in [2.75, 3.05) is 0 Å². The Bertz CT molecular complexity index is 416. The highest BCUT2D eigenvalue weighted by atomic mass is 19.1. The molecule has 0 saturated heterocycles. The third-order valence-corrected chi connectivity index (χ3v) is 2.01. The highest BCUT2D eigenvalue weighted by molar-refractivity contribution is 6.19. The number of carbonyl (C=O) groups excluding carboxylic acids is 1. The Morgan fingerprint density at radius 2 is 2.14 bits per heavy atom. The van der Waals surface area contributed by atoms with Crippen LogP contribution >= 0.6 is 0 Å². The van der Waals surface area contributed by atoms with Crippen molar-refractivity contribution in [2.45, 2.75) is 6.04 Å². The minimum Gasteiger partial charge on any atom is -0.315 e. The zero-order valence-electron chi connectivity index (χ0n) is 7.20. The molecule has 3 N–H and O–H groups in total. The van der Waals surface area contributed by atoms with E-state index in [0.29, 0.717) is 0 Å². The molecule has 1 aliphatic heterocycles. The van der Waals surface area contributed by atoms with Crippen molar-refractivity contribution in [3.8, 4) is 0 Å². The molecule has 1 aromatic carbocycles. The number of rotatable bonds is 1. The summed E-state index contributed by atoms with van der Waals surface area (Å²) in [7, 11) is 0. The van der Waals surface area contributed by atoms with Crippen molar-refractivity contribution in [3.05, 3.63) is 35.6 Å². The van der Waals surface area contributed by atoms with Gasteiger partial charge in [0, 0.05) is 5.56 Å². The van der Waals surface area contributed by atoms with Crippen LogP contribution in [-0.4, -0.2) is 17.7 Å². The number of nitrogens with zero attached hydrogens (tertiary/aromatic N) is 1. The van der Waals surface area contributed by atoms with Crippen molar-refractivity contribution in [1.29, 1.82) is 0 Å². The van der Waals surface area contributed by atoms with Gasteiger partial charge < -0.3 is 5.73 Å². The summed E-state index contributed by atoms with van der Waals surface area (Å²) >= 11 is 0. The standard InChI is InChI=1S/C9H8FN3O/c10-6-4-2-1-3-5(6)8-7(11)9(14)13-12-8/h1-4,7H,11H2,(H,13,14). The Kier molecular flexibility index (Phi) is 2.01. The molecule has 0 aromatic heterocycles. The van der Waals surface area contributed by atoms with E-state index in [4.69, 9.17) is 5.73 Å². The van der Waals surface area contributed by atoms with Crippen molar-refractivity contribution < 1.29 is 9.18 Å². The van der Waals surface area contributed by atoms with Crippen molar-refractivity contribution in [2.24, 2.45) is 10.8 Å². The molecule has 0 saturated carbocycles. The molecule has 1 aliphatic rings. The van der Waals surface area contributed by atoms with Gasteiger partial charge in [-0.3, -0.25) is 4.79 Å². The minimum absolute atomic E-state index is 0.244. The SMILES string of the molecule is NC1C(=O)NN=C1c1ccccc1F. The van der Waals surface area contributed by atoms with Gasteiger partial charge in [-0.2, -0.15) is 5.10 Å². The van der Waals surface area contributed by atoms with Gasteiger partial charge >= 0.3 is 0 Å². The molecule has 0 radical (unpaired) electrons. The van der Waals surface area contributed by atoms with E-state index in [1.807, 2.05) is 0 Å². The summed E-state index contributed by atoms with van der Waals surface area (Å²) in [5.41, 5.74) is 8.22. The molecular weight excluding hydrogens is 185 g/mol. The second-order valence-electron chi connectivity index (χ2n) is 2.93. The summed E-state index contributed by atoms with van der Waals surface area (Å²) in [6.45, 7) is 0. The first kappa shape index (κ1) is 8.83. The number of nitrogens with one attached hydrogen (secondary N) is 1. The zero-order valence-corrected chi connectivity index (χ0v) is 7.20. The predicted molar refractivity (Wildman–Crippen MR) is 49.1 cm³/mol. The lowest BCUT2D eigenvalue weighted by molar-refractivity contribution is -0.120. The highest BCUT2D eigenvalue weighted by Gasteiger charge is 2.28. The average molecular weight is 193 g/mol. The fourth-order valence-corrected chi connectivity index (χ4v) is 1.28. The molecule has 2 rings (SSSR count). The zero-order chi connectivity index (χ0) is 10.1. The molecule has 1 heterocycles. The van der Waals surface area contributed by atoms with E-state index in [1.54, 1.807) is 12.1 Å². The number of hydrogen-bond donors (Lipinski definition) is 2. The van der Waals surface area contributed by atoms with Crippen LogP contribution in [0.2, 0.25) is 0 Å². The van der Waals surface area contributed by atoms with Gasteiger partial charge in [0.25, 0.3) is 5.91 Å². The second kappa shape index (κ2) is 3.19. The topological polar surface area (TPSA) is 67.5 Å². The molecule has 1 amide bonds. The minimum atomic E-state index is -0.883. The smallest absolute Gasteiger partial charge is 0.263 e. The maximum atomic E-state index is 13.3. The van der Waals surface area contributed by atoms with Crippen LogP contribution in [-0.2, 0) is 4.79 Å². The van der Waals surface area contributed by atoms with E-state index in [-0.39, 0.29) is 11.3 Å². The number of hydrazone groups is 1. The molecule has 1 atom stereocenters. The Morgan fingerprint density at radius 3 is 2.71 bits per heavy atom. The van der Waals surface area contributed by atoms with Crippen LogP contribution in [0.4, 0.5) is 4.39 Å². The number of benzene rings is 1. The number of halogens is 1. The van der Waals surface area contributed by atoms with Crippen LogP contribution in [0.3, 0.4) is 0 Å². The van der Waals surface area contributed by atoms with Crippen LogP contribution in [0, 0.1) is 5.82 Å². The van der Waals surface area contributed by atoms with E-state index in [2.05, 4.69) is 10.5 Å². The molecule has 0 fully saturated rings. The maximum Gasteiger partial charge on any atom is 0.263 e. The Balaban J connectivity index is 2.42. The molecule has 72 valence electrons. The Morgan fingerprint density at radius 1 is 1.43 bits per heavy atom. The summed E-state index contributed by atoms with van der Waals surface area (Å²) in [5.74, 6) is -0.846. The van der Waals surface area contributed by atoms with Gasteiger partial charge in [-0.25, -0.2) is 9.82 Å². The molecule has 1 unspecified atom stereocenters. The summed E-state index contributed by atoms with van der Waals surface area (Å²) in [6, 6.07) is 5.18. The van der Waals surface area contributed by atoms with Gasteiger partial charge in [0.05, 0.1) is 5.71 Å². The maximum absolute atomic E-state index is 13.3. The number of hydrogen-bond acceptors (Lipinski definition) is 3. The Hall–Kier alpha value is -1.75. The molecule has 1 aromatic rings. The summed E-state index contributed by atoms with van der Waals surface area (Å²) < 4.78 is 13.3. The van der Waals surface area contributed by atoms with Gasteiger partial charge in [0.15, 0.2) is 0 Å². The third kappa shape index (κ3) is 1.27. The van der Waals surface area contributed by atoms with Gasteiger partial charge in [-0.15, -0.1) is 0 Å². The van der Waals surface area contributed by atoms with Gasteiger partial charge in [0.1, 0.15) is 11.9 Å². The second-order valence-corrected chi connectivity index (χ2v) is 2.93. The van der Waals surface area contributed by atoms with E-state index in [9.17, 15) is 9.18 Å². The van der Waals surface area contributed by atoms with E-state index < -0.39 is 17.8 Å². The first-order valence-electron chi connectivity index (χ1n) is 4.08. The molecule has 0 spiro atoms. The normalized spacial score (nSPS) is 20.6. The van der Waals surface area contributed by atoms with Crippen LogP contribution in [0.1, 0.15) is 5.56 Å². The number of amides is 1. The highest BCUT2D eigenvalue weighted by Crippen LogP contribution is 2.11. The van der Waals surface area contributed by atoms with Crippen LogP contribution in [0.15, 0.2) is 29.4 Å². The molecule has 14 heavy (non-hydrogen) atoms. The summed E-state index contributed by atoms with van der Waals surface area (Å²) in [4.78, 5) is 11.0. The first-order chi connectivity index (χ1) is 6.70. The van der Waals surface area contributed by atoms with Crippen LogP contribution in [0.5, 0.6) is 0 Å². The lowest BCUT2D eigenvalue weighted by Crippen LogP contribution is -2.37. The molecular formula is C9H8FN3O. The molecule has 5 heteroatoms. The van der Waals surface area contributed by atoms with Crippen molar-refractivity contribution >= 4 is 11.6 Å². The quantitative estimate of drug-likeness (QED) is 0.658. The van der Waals surface area contributed by atoms with Gasteiger partial charge in [-0.1, -0.05) is 18.2 Å². The third-order valence-electron chi connectivity index (χ3n) is 2.01. The average Bonchev–Trinajstić information content (AvgIpc) is 2.49. The molecule has 0 bridgehead atoms. The number of nitrogens with two attached hydrogens (primary N) is 1. The van der Waals surface area contributed by atoms with E-state index >= 15 is 0 Å². The van der Waals surface area contributed by atoms with E-state index in [0.717, 1.165) is 0 Å². The van der Waals surface area contributed by atoms with Gasteiger partial charge in [0.2, 0.25) is 0 Å². The van der Waals surface area contributed by atoms with Crippen molar-refractivity contribution in [1.82, 2.24) is 5.43 Å². The van der Waals surface area contributed by atoms with E-state index in [1.165, 1.54) is 12.1 Å². The Labute approximate surface area is 79.6 Å². The molecule has 4 nitrogen and oxygen atoms in total. The van der Waals surface area contributed by atoms with Crippen LogP contribution in [0.25, 0.3) is 0 Å². The van der Waals surface area contributed by atoms with Crippen molar-refractivity contribution in [3.63, 3.8) is 0 Å². The van der Waals surface area contributed by atoms with Gasteiger partial charge in [-0.05, 0) is 6.07 Å². The fourth-order valence-electron chi connectivity index (χ4n) is 1.28. The van der Waals surface area contributed by atoms with Crippen LogP contribution < -0.4 is 11.2 Å². The lowest BCUT2D eigenvalue weighted by Gasteiger charge is -2.04. The summed E-state index contributed by atoms with van der Waals surface area (Å²) in [5, 5.41) is 3.68. The summed E-state index contributed by atoms with van der Waals surface area (Å²) in [6.07, 6.45) is 0. The monoisotopic (exact) mass is 193 g/mol. The lowest BCUT2D eigenvalue weighted by atomic mass is 10.0. The molecule has 0 aliphatic carbocycles. The predicted octanol–water partition coefficient (Wildman–Crippen LogP) is -0.0131. The number of carbonyl (C=O) groups is 1. The largest absolute Gasteiger partial charge is 0.315 e.